The quantitative estimate of drug-likeness (QED) is 0.248. The molecule has 0 radical (unpaired) electrons. The second-order valence-electron chi connectivity index (χ2n) is 8.34. The number of benzene rings is 4. The maximum Gasteiger partial charge on any atom is 0.266 e. The molecule has 4 heteroatoms. The van der Waals surface area contributed by atoms with Crippen molar-refractivity contribution in [1.29, 1.82) is 0 Å². The summed E-state index contributed by atoms with van der Waals surface area (Å²) in [6, 6.07) is 29.3. The summed E-state index contributed by atoms with van der Waals surface area (Å²) in [5, 5.41) is 6.66. The SMILES string of the molecule is O=c1c2ccccc2c2cc(-c3nccc4ccccc34)cc3c4ccccc4c(=O)n1c23. The molecule has 3 aromatic heterocycles. The van der Waals surface area contributed by atoms with Crippen LogP contribution >= 0.6 is 0 Å². The Morgan fingerprint density at radius 2 is 1.06 bits per heavy atom. The van der Waals surface area contributed by atoms with Gasteiger partial charge in [-0.1, -0.05) is 60.7 Å². The Balaban J connectivity index is 1.80. The summed E-state index contributed by atoms with van der Waals surface area (Å²) in [4.78, 5) is 31.6. The van der Waals surface area contributed by atoms with Crippen LogP contribution in [-0.4, -0.2) is 9.38 Å². The Labute approximate surface area is 187 Å². The standard InChI is InChI=1S/C29H16N2O2/c32-28-22-11-5-3-9-20(22)24-15-18(26-19-8-2-1-7-17(19)13-14-30-26)16-25-21-10-4-6-12-23(21)29(33)31(28)27(24)25/h1-16H. The Bertz CT molecular complexity index is 1910. The predicted molar refractivity (Wildman–Crippen MR) is 134 cm³/mol. The van der Waals surface area contributed by atoms with Crippen LogP contribution < -0.4 is 11.1 Å². The normalized spacial score (nSPS) is 11.9. The number of rotatable bonds is 1. The molecule has 0 atom stereocenters. The van der Waals surface area contributed by atoms with Gasteiger partial charge in [-0.2, -0.15) is 0 Å². The monoisotopic (exact) mass is 424 g/mol. The van der Waals surface area contributed by atoms with Crippen LogP contribution in [0.15, 0.2) is 107 Å². The Hall–Kier alpha value is -4.57. The van der Waals surface area contributed by atoms with Gasteiger partial charge in [0.25, 0.3) is 11.1 Å². The van der Waals surface area contributed by atoms with Gasteiger partial charge in [0, 0.05) is 38.7 Å². The van der Waals surface area contributed by atoms with Crippen molar-refractivity contribution in [3.63, 3.8) is 0 Å². The van der Waals surface area contributed by atoms with Crippen molar-refractivity contribution >= 4 is 48.6 Å². The number of hydrogen-bond donors (Lipinski definition) is 0. The molecule has 0 bridgehead atoms. The minimum Gasteiger partial charge on any atom is -0.268 e. The molecule has 0 aliphatic rings. The lowest BCUT2D eigenvalue weighted by molar-refractivity contribution is 1.09. The molecule has 154 valence electrons. The van der Waals surface area contributed by atoms with Crippen LogP contribution in [0.25, 0.3) is 59.9 Å². The maximum atomic E-state index is 13.4. The molecule has 7 rings (SSSR count). The van der Waals surface area contributed by atoms with Crippen molar-refractivity contribution in [3.8, 4) is 11.3 Å². The highest BCUT2D eigenvalue weighted by Gasteiger charge is 2.18. The lowest BCUT2D eigenvalue weighted by Crippen LogP contribution is -2.27. The van der Waals surface area contributed by atoms with E-state index in [0.717, 1.165) is 43.6 Å². The zero-order valence-electron chi connectivity index (χ0n) is 17.4. The second kappa shape index (κ2) is 6.47. The molecule has 4 aromatic carbocycles. The van der Waals surface area contributed by atoms with Gasteiger partial charge in [-0.25, -0.2) is 4.40 Å². The summed E-state index contributed by atoms with van der Waals surface area (Å²) in [6.45, 7) is 0. The molecule has 0 spiro atoms. The van der Waals surface area contributed by atoms with Crippen molar-refractivity contribution in [2.75, 3.05) is 0 Å². The highest BCUT2D eigenvalue weighted by atomic mass is 16.2. The highest BCUT2D eigenvalue weighted by molar-refractivity contribution is 6.19. The van der Waals surface area contributed by atoms with E-state index >= 15 is 0 Å². The summed E-state index contributed by atoms with van der Waals surface area (Å²) in [5.74, 6) is 0. The van der Waals surface area contributed by atoms with E-state index in [2.05, 4.69) is 24.3 Å². The molecule has 0 saturated carbocycles. The molecule has 3 heterocycles. The predicted octanol–water partition coefficient (Wildman–Crippen LogP) is 5.77. The van der Waals surface area contributed by atoms with Crippen LogP contribution in [0.4, 0.5) is 0 Å². The summed E-state index contributed by atoms with van der Waals surface area (Å²) in [6.07, 6.45) is 1.82. The molecule has 0 N–H and O–H groups in total. The number of hydrogen-bond acceptors (Lipinski definition) is 3. The first-order valence-electron chi connectivity index (χ1n) is 10.8. The van der Waals surface area contributed by atoms with Crippen molar-refractivity contribution in [2.24, 2.45) is 0 Å². The van der Waals surface area contributed by atoms with E-state index < -0.39 is 0 Å². The molecule has 33 heavy (non-hydrogen) atoms. The number of nitrogens with zero attached hydrogens (tertiary/aromatic N) is 2. The molecular formula is C29H16N2O2. The molecule has 0 aliphatic carbocycles. The summed E-state index contributed by atoms with van der Waals surface area (Å²) in [7, 11) is 0. The molecule has 0 saturated heterocycles. The van der Waals surface area contributed by atoms with Crippen LogP contribution in [0.3, 0.4) is 0 Å². The van der Waals surface area contributed by atoms with Gasteiger partial charge in [0.05, 0.1) is 11.2 Å². The third kappa shape index (κ3) is 2.37. The molecule has 0 fully saturated rings. The molecule has 4 nitrogen and oxygen atoms in total. The van der Waals surface area contributed by atoms with Crippen molar-refractivity contribution < 1.29 is 0 Å². The number of fused-ring (bicyclic) bond motifs is 5. The van der Waals surface area contributed by atoms with E-state index in [-0.39, 0.29) is 11.1 Å². The molecule has 0 aliphatic heterocycles. The fourth-order valence-electron chi connectivity index (χ4n) is 5.12. The zero-order chi connectivity index (χ0) is 22.1. The summed E-state index contributed by atoms with van der Waals surface area (Å²) >= 11 is 0. The smallest absolute Gasteiger partial charge is 0.266 e. The van der Waals surface area contributed by atoms with Gasteiger partial charge in [0.15, 0.2) is 0 Å². The van der Waals surface area contributed by atoms with Crippen molar-refractivity contribution in [1.82, 2.24) is 9.38 Å². The lowest BCUT2D eigenvalue weighted by atomic mass is 9.95. The van der Waals surface area contributed by atoms with Crippen LogP contribution in [0.1, 0.15) is 0 Å². The van der Waals surface area contributed by atoms with Gasteiger partial charge < -0.3 is 0 Å². The Kier molecular flexibility index (Phi) is 3.54. The summed E-state index contributed by atoms with van der Waals surface area (Å²) in [5.41, 5.74) is 1.92. The first-order valence-corrected chi connectivity index (χ1v) is 10.8. The van der Waals surface area contributed by atoms with Crippen molar-refractivity contribution in [2.45, 2.75) is 0 Å². The number of pyridine rings is 3. The number of aromatic nitrogens is 2. The van der Waals surface area contributed by atoms with Crippen LogP contribution in [-0.2, 0) is 0 Å². The van der Waals surface area contributed by atoms with E-state index in [1.54, 1.807) is 12.1 Å². The highest BCUT2D eigenvalue weighted by Crippen LogP contribution is 2.36. The Morgan fingerprint density at radius 3 is 1.67 bits per heavy atom. The molecule has 7 aromatic rings. The summed E-state index contributed by atoms with van der Waals surface area (Å²) < 4.78 is 1.34. The maximum absolute atomic E-state index is 13.4. The second-order valence-corrected chi connectivity index (χ2v) is 8.34. The minimum absolute atomic E-state index is 0.283. The van der Waals surface area contributed by atoms with E-state index in [0.29, 0.717) is 16.3 Å². The van der Waals surface area contributed by atoms with Gasteiger partial charge in [0.1, 0.15) is 0 Å². The first-order chi connectivity index (χ1) is 16.2. The van der Waals surface area contributed by atoms with E-state index in [9.17, 15) is 9.59 Å². The van der Waals surface area contributed by atoms with E-state index in [1.807, 2.05) is 60.8 Å². The lowest BCUT2D eigenvalue weighted by Gasteiger charge is -2.15. The first kappa shape index (κ1) is 18.0. The molecule has 0 unspecified atom stereocenters. The average molecular weight is 424 g/mol. The van der Waals surface area contributed by atoms with Crippen LogP contribution in [0, 0.1) is 0 Å². The fourth-order valence-corrected chi connectivity index (χ4v) is 5.12. The van der Waals surface area contributed by atoms with Crippen LogP contribution in [0.5, 0.6) is 0 Å². The fraction of sp³-hybridized carbons (Fsp3) is 0. The van der Waals surface area contributed by atoms with E-state index in [4.69, 9.17) is 4.98 Å². The van der Waals surface area contributed by atoms with Gasteiger partial charge in [-0.15, -0.1) is 0 Å². The van der Waals surface area contributed by atoms with Gasteiger partial charge >= 0.3 is 0 Å². The zero-order valence-corrected chi connectivity index (χ0v) is 17.4. The average Bonchev–Trinajstić information content (AvgIpc) is 2.88. The minimum atomic E-state index is -0.283. The molecular weight excluding hydrogens is 408 g/mol. The van der Waals surface area contributed by atoms with Gasteiger partial charge in [-0.05, 0) is 46.5 Å². The van der Waals surface area contributed by atoms with Crippen LogP contribution in [0.2, 0.25) is 0 Å². The largest absolute Gasteiger partial charge is 0.268 e. The van der Waals surface area contributed by atoms with Crippen molar-refractivity contribution in [3.05, 3.63) is 118 Å². The Morgan fingerprint density at radius 1 is 0.545 bits per heavy atom. The topological polar surface area (TPSA) is 51.4 Å². The third-order valence-electron chi connectivity index (χ3n) is 6.58. The van der Waals surface area contributed by atoms with Gasteiger partial charge in [-0.3, -0.25) is 14.6 Å². The third-order valence-corrected chi connectivity index (χ3v) is 6.58. The van der Waals surface area contributed by atoms with E-state index in [1.165, 1.54) is 4.40 Å². The molecule has 0 amide bonds. The van der Waals surface area contributed by atoms with Gasteiger partial charge in [0.2, 0.25) is 0 Å².